The summed E-state index contributed by atoms with van der Waals surface area (Å²) in [4.78, 5) is 13.1. The Morgan fingerprint density at radius 3 is 2.50 bits per heavy atom. The van der Waals surface area contributed by atoms with Crippen LogP contribution in [-0.2, 0) is 0 Å². The Labute approximate surface area is 75.6 Å². The Morgan fingerprint density at radius 2 is 2.07 bits per heavy atom. The summed E-state index contributed by atoms with van der Waals surface area (Å²) < 4.78 is 36.7. The lowest BCUT2D eigenvalue weighted by Crippen LogP contribution is -2.05. The van der Waals surface area contributed by atoms with Crippen molar-refractivity contribution in [2.75, 3.05) is 0 Å². The van der Waals surface area contributed by atoms with Gasteiger partial charge in [0.25, 0.3) is 6.43 Å². The van der Waals surface area contributed by atoms with Crippen LogP contribution in [0.2, 0.25) is 0 Å². The number of carbonyl (C=O) groups is 1. The van der Waals surface area contributed by atoms with Crippen molar-refractivity contribution in [3.8, 4) is 5.75 Å². The van der Waals surface area contributed by atoms with E-state index in [-0.39, 0.29) is 6.07 Å². The number of rotatable bonds is 2. The summed E-state index contributed by atoms with van der Waals surface area (Å²) in [6.07, 6.45) is -3.16. The van der Waals surface area contributed by atoms with Gasteiger partial charge in [-0.3, -0.25) is 0 Å². The van der Waals surface area contributed by atoms with E-state index in [9.17, 15) is 18.0 Å². The van der Waals surface area contributed by atoms with E-state index >= 15 is 0 Å². The van der Waals surface area contributed by atoms with Crippen molar-refractivity contribution in [1.82, 2.24) is 4.98 Å². The molecule has 0 amide bonds. The number of nitrogens with zero attached hydrogens (tertiary/aromatic N) is 1. The second-order valence-corrected chi connectivity index (χ2v) is 2.34. The predicted molar refractivity (Wildman–Crippen MR) is 37.8 cm³/mol. The van der Waals surface area contributed by atoms with Crippen LogP contribution < -0.4 is 0 Å². The van der Waals surface area contributed by atoms with Gasteiger partial charge >= 0.3 is 5.97 Å². The first-order valence-electron chi connectivity index (χ1n) is 3.34. The van der Waals surface area contributed by atoms with E-state index in [0.29, 0.717) is 0 Å². The normalized spacial score (nSPS) is 10.6. The molecule has 0 spiro atoms. The van der Waals surface area contributed by atoms with E-state index < -0.39 is 35.3 Å². The number of carboxylic acids is 1. The van der Waals surface area contributed by atoms with Crippen LogP contribution in [0.3, 0.4) is 0 Å². The zero-order valence-electron chi connectivity index (χ0n) is 6.54. The molecule has 0 aromatic carbocycles. The molecule has 1 heterocycles. The lowest BCUT2D eigenvalue weighted by Gasteiger charge is -2.05. The highest BCUT2D eigenvalue weighted by molar-refractivity contribution is 5.88. The summed E-state index contributed by atoms with van der Waals surface area (Å²) in [7, 11) is 0. The maximum Gasteiger partial charge on any atom is 0.358 e. The number of aromatic nitrogens is 1. The first kappa shape index (κ1) is 10.3. The third-order valence-electron chi connectivity index (χ3n) is 1.43. The summed E-state index contributed by atoms with van der Waals surface area (Å²) in [6, 6.07) is 0.284. The molecular weight excluding hydrogens is 203 g/mol. The highest BCUT2D eigenvalue weighted by Gasteiger charge is 2.22. The van der Waals surface area contributed by atoms with E-state index in [1.165, 1.54) is 0 Å². The van der Waals surface area contributed by atoms with Crippen molar-refractivity contribution in [3.63, 3.8) is 0 Å². The van der Waals surface area contributed by atoms with Gasteiger partial charge in [-0.15, -0.1) is 0 Å². The molecule has 0 saturated heterocycles. The number of hydrogen-bond donors (Lipinski definition) is 2. The fourth-order valence-electron chi connectivity index (χ4n) is 0.841. The molecule has 1 rings (SSSR count). The van der Waals surface area contributed by atoms with Crippen LogP contribution in [0.25, 0.3) is 0 Å². The number of pyridine rings is 1. The monoisotopic (exact) mass is 207 g/mol. The van der Waals surface area contributed by atoms with Gasteiger partial charge in [-0.25, -0.2) is 18.6 Å². The summed E-state index contributed by atoms with van der Waals surface area (Å²) in [5, 5.41) is 17.3. The van der Waals surface area contributed by atoms with E-state index in [0.717, 1.165) is 0 Å². The molecule has 14 heavy (non-hydrogen) atoms. The minimum Gasteiger partial charge on any atom is -0.505 e. The van der Waals surface area contributed by atoms with Crippen molar-refractivity contribution < 1.29 is 28.2 Å². The van der Waals surface area contributed by atoms with E-state index in [1.807, 2.05) is 0 Å². The van der Waals surface area contributed by atoms with Gasteiger partial charge < -0.3 is 10.2 Å². The molecule has 0 aliphatic heterocycles. The largest absolute Gasteiger partial charge is 0.505 e. The molecule has 0 atom stereocenters. The number of halogens is 3. The van der Waals surface area contributed by atoms with Crippen molar-refractivity contribution in [2.45, 2.75) is 6.43 Å². The zero-order chi connectivity index (χ0) is 10.9. The Balaban J connectivity index is 3.40. The van der Waals surface area contributed by atoms with Gasteiger partial charge in [-0.1, -0.05) is 0 Å². The third-order valence-corrected chi connectivity index (χ3v) is 1.43. The molecule has 4 nitrogen and oxygen atoms in total. The lowest BCUT2D eigenvalue weighted by atomic mass is 10.2. The first-order valence-corrected chi connectivity index (χ1v) is 3.34. The predicted octanol–water partition coefficient (Wildman–Crippen LogP) is 1.56. The molecule has 7 heteroatoms. The minimum atomic E-state index is -3.16. The van der Waals surface area contributed by atoms with Gasteiger partial charge in [-0.2, -0.15) is 4.39 Å². The van der Waals surface area contributed by atoms with Gasteiger partial charge in [0.15, 0.2) is 11.4 Å². The zero-order valence-corrected chi connectivity index (χ0v) is 6.54. The van der Waals surface area contributed by atoms with Gasteiger partial charge in [0.05, 0.1) is 5.56 Å². The fourth-order valence-corrected chi connectivity index (χ4v) is 0.841. The van der Waals surface area contributed by atoms with Gasteiger partial charge in [0.2, 0.25) is 5.95 Å². The van der Waals surface area contributed by atoms with Crippen molar-refractivity contribution in [2.24, 2.45) is 0 Å². The summed E-state index contributed by atoms with van der Waals surface area (Å²) in [5.74, 6) is -4.37. The van der Waals surface area contributed by atoms with Gasteiger partial charge in [-0.05, 0) is 0 Å². The smallest absolute Gasteiger partial charge is 0.358 e. The molecule has 0 fully saturated rings. The average Bonchev–Trinajstić information content (AvgIpc) is 2.07. The molecule has 0 radical (unpaired) electrons. The van der Waals surface area contributed by atoms with Crippen molar-refractivity contribution in [1.29, 1.82) is 0 Å². The lowest BCUT2D eigenvalue weighted by molar-refractivity contribution is 0.0684. The second-order valence-electron chi connectivity index (χ2n) is 2.34. The van der Waals surface area contributed by atoms with Crippen molar-refractivity contribution >= 4 is 5.97 Å². The average molecular weight is 207 g/mol. The number of aromatic hydroxyl groups is 1. The second kappa shape index (κ2) is 3.52. The molecule has 0 unspecified atom stereocenters. The molecular formula is C7H4F3NO3. The molecule has 76 valence electrons. The standard InChI is InChI=1S/C7H4F3NO3/c8-3-1-2(6(9)10)5(12)4(11-3)7(13)14/h1,6,12H,(H,13,14). The molecule has 0 aliphatic carbocycles. The van der Waals surface area contributed by atoms with Crippen LogP contribution in [0.5, 0.6) is 5.75 Å². The SMILES string of the molecule is O=C(O)c1nc(F)cc(C(F)F)c1O. The number of carboxylic acid groups (broad SMARTS) is 1. The van der Waals surface area contributed by atoms with E-state index in [1.54, 1.807) is 0 Å². The first-order chi connectivity index (χ1) is 6.43. The molecule has 1 aromatic rings. The highest BCUT2D eigenvalue weighted by Crippen LogP contribution is 2.30. The third kappa shape index (κ3) is 1.76. The van der Waals surface area contributed by atoms with Crippen LogP contribution in [0.15, 0.2) is 6.07 Å². The van der Waals surface area contributed by atoms with Crippen LogP contribution in [0, 0.1) is 5.95 Å². The highest BCUT2D eigenvalue weighted by atomic mass is 19.3. The fraction of sp³-hybridized carbons (Fsp3) is 0.143. The quantitative estimate of drug-likeness (QED) is 0.722. The Morgan fingerprint density at radius 1 is 1.50 bits per heavy atom. The Hall–Kier alpha value is -1.79. The molecule has 0 aliphatic rings. The molecule has 0 bridgehead atoms. The van der Waals surface area contributed by atoms with Crippen LogP contribution in [0.4, 0.5) is 13.2 Å². The summed E-state index contributed by atoms with van der Waals surface area (Å²) in [6.45, 7) is 0. The minimum absolute atomic E-state index is 0.284. The number of alkyl halides is 2. The van der Waals surface area contributed by atoms with E-state index in [4.69, 9.17) is 10.2 Å². The van der Waals surface area contributed by atoms with Gasteiger partial charge in [0.1, 0.15) is 0 Å². The van der Waals surface area contributed by atoms with E-state index in [2.05, 4.69) is 4.98 Å². The Kier molecular flexibility index (Phi) is 2.59. The van der Waals surface area contributed by atoms with Crippen LogP contribution in [-0.4, -0.2) is 21.2 Å². The summed E-state index contributed by atoms with van der Waals surface area (Å²) >= 11 is 0. The molecule has 1 aromatic heterocycles. The van der Waals surface area contributed by atoms with Crippen LogP contribution in [0.1, 0.15) is 22.5 Å². The number of hydrogen-bond acceptors (Lipinski definition) is 3. The number of aromatic carboxylic acids is 1. The molecule has 2 N–H and O–H groups in total. The maximum atomic E-state index is 12.5. The van der Waals surface area contributed by atoms with Crippen molar-refractivity contribution in [3.05, 3.63) is 23.3 Å². The molecule has 0 saturated carbocycles. The van der Waals surface area contributed by atoms with Gasteiger partial charge in [0, 0.05) is 6.07 Å². The maximum absolute atomic E-state index is 12.5. The topological polar surface area (TPSA) is 70.4 Å². The Bertz CT molecular complexity index is 381. The summed E-state index contributed by atoms with van der Waals surface area (Å²) in [5.41, 5.74) is -2.21. The van der Waals surface area contributed by atoms with Crippen LogP contribution >= 0.6 is 0 Å².